The Morgan fingerprint density at radius 1 is 1.26 bits per heavy atom. The van der Waals surface area contributed by atoms with Gasteiger partial charge in [-0.2, -0.15) is 0 Å². The Morgan fingerprint density at radius 3 is 2.79 bits per heavy atom. The predicted molar refractivity (Wildman–Crippen MR) is 72.9 cm³/mol. The molecule has 0 spiro atoms. The molecule has 6 heteroatoms. The lowest BCUT2D eigenvalue weighted by molar-refractivity contribution is 0.00485. The van der Waals surface area contributed by atoms with Crippen LogP contribution in [-0.4, -0.2) is 41.3 Å². The third kappa shape index (κ3) is 2.70. The number of nitrogens with one attached hydrogen (secondary N) is 3. The highest BCUT2D eigenvalue weighted by atomic mass is 16.5. The van der Waals surface area contributed by atoms with Gasteiger partial charge in [-0.3, -0.25) is 0 Å². The van der Waals surface area contributed by atoms with Gasteiger partial charge in [0.2, 0.25) is 0 Å². The van der Waals surface area contributed by atoms with Crippen molar-refractivity contribution in [3.63, 3.8) is 0 Å². The van der Waals surface area contributed by atoms with Crippen LogP contribution in [0.5, 0.6) is 0 Å². The van der Waals surface area contributed by atoms with Gasteiger partial charge in [0.05, 0.1) is 24.2 Å². The van der Waals surface area contributed by atoms with Gasteiger partial charge in [0.25, 0.3) is 0 Å². The number of fused-ring (bicyclic) bond motifs is 1. The number of morpholine rings is 1. The molecular weight excluding hydrogens is 244 g/mol. The van der Waals surface area contributed by atoms with Crippen LogP contribution in [0.15, 0.2) is 23.0 Å². The van der Waals surface area contributed by atoms with E-state index in [4.69, 9.17) is 4.74 Å². The summed E-state index contributed by atoms with van der Waals surface area (Å²) in [4.78, 5) is 16.8. The number of aromatic amines is 2. The van der Waals surface area contributed by atoms with Crippen molar-refractivity contribution < 1.29 is 4.74 Å². The molecule has 1 atom stereocenters. The minimum absolute atomic E-state index is 0.166. The van der Waals surface area contributed by atoms with Crippen molar-refractivity contribution >= 4 is 11.0 Å². The summed E-state index contributed by atoms with van der Waals surface area (Å²) in [5.74, 6) is 0. The number of benzene rings is 1. The number of H-pyrrole nitrogens is 2. The standard InChI is InChI=1S/C13H18N4O2/c1-9(16-17-4-6-19-7-5-17)10-2-3-11-12(8-10)15-13(18)14-11/h2-3,8-9,16H,4-7H2,1H3,(H2,14,15,18). The van der Waals surface area contributed by atoms with Crippen molar-refractivity contribution in [2.45, 2.75) is 13.0 Å². The van der Waals surface area contributed by atoms with E-state index in [1.165, 1.54) is 0 Å². The zero-order valence-corrected chi connectivity index (χ0v) is 10.9. The second kappa shape index (κ2) is 5.16. The van der Waals surface area contributed by atoms with Crippen LogP contribution in [0.4, 0.5) is 0 Å². The van der Waals surface area contributed by atoms with Crippen molar-refractivity contribution in [3.8, 4) is 0 Å². The molecule has 1 aromatic heterocycles. The molecule has 3 N–H and O–H groups in total. The normalized spacial score (nSPS) is 18.8. The van der Waals surface area contributed by atoms with Gasteiger partial charge in [-0.15, -0.1) is 0 Å². The molecule has 1 unspecified atom stereocenters. The molecule has 0 aliphatic carbocycles. The van der Waals surface area contributed by atoms with E-state index in [9.17, 15) is 4.79 Å². The quantitative estimate of drug-likeness (QED) is 0.763. The van der Waals surface area contributed by atoms with Gasteiger partial charge in [0, 0.05) is 19.1 Å². The van der Waals surface area contributed by atoms with Crippen LogP contribution >= 0.6 is 0 Å². The first-order chi connectivity index (χ1) is 9.22. The molecule has 0 saturated carbocycles. The van der Waals surface area contributed by atoms with Crippen LogP contribution in [0.3, 0.4) is 0 Å². The topological polar surface area (TPSA) is 73.2 Å². The van der Waals surface area contributed by atoms with Crippen molar-refractivity contribution in [1.29, 1.82) is 0 Å². The average Bonchev–Trinajstić information content (AvgIpc) is 2.78. The van der Waals surface area contributed by atoms with Crippen LogP contribution in [0.2, 0.25) is 0 Å². The van der Waals surface area contributed by atoms with Crippen molar-refractivity contribution in [2.24, 2.45) is 0 Å². The van der Waals surface area contributed by atoms with Crippen molar-refractivity contribution in [3.05, 3.63) is 34.2 Å². The fraction of sp³-hybridized carbons (Fsp3) is 0.462. The van der Waals surface area contributed by atoms with E-state index in [1.54, 1.807) is 0 Å². The van der Waals surface area contributed by atoms with E-state index in [0.717, 1.165) is 42.9 Å². The Kier molecular flexibility index (Phi) is 3.37. The summed E-state index contributed by atoms with van der Waals surface area (Å²) in [6.07, 6.45) is 0. The molecular formula is C13H18N4O2. The van der Waals surface area contributed by atoms with Crippen LogP contribution in [-0.2, 0) is 4.74 Å². The highest BCUT2D eigenvalue weighted by molar-refractivity contribution is 5.75. The molecule has 19 heavy (non-hydrogen) atoms. The summed E-state index contributed by atoms with van der Waals surface area (Å²) in [6, 6.07) is 6.16. The lowest BCUT2D eigenvalue weighted by Gasteiger charge is -2.30. The maximum atomic E-state index is 11.2. The minimum atomic E-state index is -0.166. The molecule has 1 fully saturated rings. The molecule has 1 saturated heterocycles. The van der Waals surface area contributed by atoms with Crippen LogP contribution in [0, 0.1) is 0 Å². The molecule has 6 nitrogen and oxygen atoms in total. The smallest absolute Gasteiger partial charge is 0.323 e. The van der Waals surface area contributed by atoms with Gasteiger partial charge < -0.3 is 14.7 Å². The Bertz CT molecular complexity index is 612. The average molecular weight is 262 g/mol. The van der Waals surface area contributed by atoms with E-state index in [1.807, 2.05) is 18.2 Å². The zero-order chi connectivity index (χ0) is 13.2. The second-order valence-corrected chi connectivity index (χ2v) is 4.83. The predicted octanol–water partition coefficient (Wildman–Crippen LogP) is 0.754. The van der Waals surface area contributed by atoms with Crippen LogP contribution < -0.4 is 11.1 Å². The van der Waals surface area contributed by atoms with Crippen LogP contribution in [0.25, 0.3) is 11.0 Å². The summed E-state index contributed by atoms with van der Waals surface area (Å²) in [5, 5.41) is 2.18. The van der Waals surface area contributed by atoms with E-state index in [-0.39, 0.29) is 11.7 Å². The van der Waals surface area contributed by atoms with E-state index < -0.39 is 0 Å². The number of imidazole rings is 1. The fourth-order valence-corrected chi connectivity index (χ4v) is 2.36. The molecule has 102 valence electrons. The fourth-order valence-electron chi connectivity index (χ4n) is 2.36. The number of hydrogen-bond donors (Lipinski definition) is 3. The highest BCUT2D eigenvalue weighted by Crippen LogP contribution is 2.17. The summed E-state index contributed by atoms with van der Waals surface area (Å²) in [6.45, 7) is 5.44. The summed E-state index contributed by atoms with van der Waals surface area (Å²) in [5.41, 5.74) is 6.12. The molecule has 3 rings (SSSR count). The highest BCUT2D eigenvalue weighted by Gasteiger charge is 2.14. The summed E-state index contributed by atoms with van der Waals surface area (Å²) in [7, 11) is 0. The maximum Gasteiger partial charge on any atom is 0.323 e. The van der Waals surface area contributed by atoms with E-state index in [0.29, 0.717) is 0 Å². The molecule has 1 aliphatic rings. The molecule has 2 heterocycles. The molecule has 0 radical (unpaired) electrons. The Morgan fingerprint density at radius 2 is 2.00 bits per heavy atom. The monoisotopic (exact) mass is 262 g/mol. The van der Waals surface area contributed by atoms with Gasteiger partial charge in [-0.1, -0.05) is 6.07 Å². The second-order valence-electron chi connectivity index (χ2n) is 4.83. The van der Waals surface area contributed by atoms with Gasteiger partial charge in [-0.05, 0) is 24.6 Å². The van der Waals surface area contributed by atoms with E-state index >= 15 is 0 Å². The summed E-state index contributed by atoms with van der Waals surface area (Å²) < 4.78 is 5.32. The van der Waals surface area contributed by atoms with Gasteiger partial charge in [-0.25, -0.2) is 15.2 Å². The first kappa shape index (κ1) is 12.4. The maximum absolute atomic E-state index is 11.2. The summed E-state index contributed by atoms with van der Waals surface area (Å²) >= 11 is 0. The first-order valence-corrected chi connectivity index (χ1v) is 6.53. The largest absolute Gasteiger partial charge is 0.379 e. The number of aromatic nitrogens is 2. The van der Waals surface area contributed by atoms with Crippen molar-refractivity contribution in [1.82, 2.24) is 20.4 Å². The lowest BCUT2D eigenvalue weighted by atomic mass is 10.1. The molecule has 2 aromatic rings. The number of hydrogen-bond acceptors (Lipinski definition) is 4. The molecule has 1 aliphatic heterocycles. The Balaban J connectivity index is 1.76. The Hall–Kier alpha value is -1.63. The van der Waals surface area contributed by atoms with Crippen LogP contribution in [0.1, 0.15) is 18.5 Å². The zero-order valence-electron chi connectivity index (χ0n) is 10.9. The SMILES string of the molecule is CC(NN1CCOCC1)c1ccc2[nH]c(=O)[nH]c2c1. The lowest BCUT2D eigenvalue weighted by Crippen LogP contribution is -2.46. The number of rotatable bonds is 3. The third-order valence-corrected chi connectivity index (χ3v) is 3.43. The van der Waals surface area contributed by atoms with Gasteiger partial charge in [0.15, 0.2) is 0 Å². The minimum Gasteiger partial charge on any atom is -0.379 e. The number of hydrazine groups is 1. The number of ether oxygens (including phenoxy) is 1. The number of nitrogens with zero attached hydrogens (tertiary/aromatic N) is 1. The third-order valence-electron chi connectivity index (χ3n) is 3.43. The molecule has 0 amide bonds. The van der Waals surface area contributed by atoms with E-state index in [2.05, 4.69) is 27.3 Å². The first-order valence-electron chi connectivity index (χ1n) is 6.53. The van der Waals surface area contributed by atoms with Gasteiger partial charge in [0.1, 0.15) is 0 Å². The molecule has 0 bridgehead atoms. The molecule has 1 aromatic carbocycles. The Labute approximate surface area is 110 Å². The van der Waals surface area contributed by atoms with Crippen molar-refractivity contribution in [2.75, 3.05) is 26.3 Å². The van der Waals surface area contributed by atoms with Gasteiger partial charge >= 0.3 is 5.69 Å².